The summed E-state index contributed by atoms with van der Waals surface area (Å²) in [5, 5.41) is 2.83. The first-order valence-corrected chi connectivity index (χ1v) is 12.2. The Bertz CT molecular complexity index is 1180. The summed E-state index contributed by atoms with van der Waals surface area (Å²) in [6, 6.07) is 22.4. The van der Waals surface area contributed by atoms with Crippen LogP contribution in [0, 0.1) is 13.8 Å². The van der Waals surface area contributed by atoms with Gasteiger partial charge in [-0.1, -0.05) is 66.2 Å². The van der Waals surface area contributed by atoms with Crippen molar-refractivity contribution in [3.05, 3.63) is 95.1 Å². The lowest BCUT2D eigenvalue weighted by Crippen LogP contribution is -2.41. The number of aryl methyl sites for hydroxylation is 2. The van der Waals surface area contributed by atoms with Crippen LogP contribution in [0.5, 0.6) is 5.75 Å². The van der Waals surface area contributed by atoms with Crippen molar-refractivity contribution in [2.45, 2.75) is 31.7 Å². The molecule has 0 saturated heterocycles. The number of rotatable bonds is 10. The molecule has 3 rings (SSSR count). The van der Waals surface area contributed by atoms with Gasteiger partial charge in [0.15, 0.2) is 0 Å². The summed E-state index contributed by atoms with van der Waals surface area (Å²) < 4.78 is 33.7. The normalized spacial score (nSPS) is 11.4. The molecule has 1 N–H and O–H groups in total. The maximum Gasteiger partial charge on any atom is 0.247 e. The average molecular weight is 467 g/mol. The largest absolute Gasteiger partial charge is 0.495 e. The lowest BCUT2D eigenvalue weighted by Gasteiger charge is -2.23. The van der Waals surface area contributed by atoms with Gasteiger partial charge in [0, 0.05) is 13.1 Å². The molecule has 0 aliphatic carbocycles. The fourth-order valence-corrected chi connectivity index (χ4v) is 5.07. The molecular formula is C26H30N2O4S. The van der Waals surface area contributed by atoms with Gasteiger partial charge in [-0.15, -0.1) is 0 Å². The number of carbonyl (C=O) groups excluding carboxylic acids is 1. The fraction of sp³-hybridized carbons (Fsp3) is 0.269. The second kappa shape index (κ2) is 11.1. The summed E-state index contributed by atoms with van der Waals surface area (Å²) in [5.41, 5.74) is 3.87. The number of hydrogen-bond donors (Lipinski definition) is 1. The lowest BCUT2D eigenvalue weighted by atomic mass is 10.1. The molecule has 0 spiro atoms. The second-order valence-electron chi connectivity index (χ2n) is 7.99. The standard InChI is InChI=1S/C26H30N2O4S/c1-20-9-12-23(13-10-20)18-27-26(29)19-28(16-15-22-7-5-4-6-8-22)33(30,31)25-17-21(2)11-14-24(25)32-3/h4-14,17H,15-16,18-19H2,1-3H3,(H,27,29). The number of nitrogens with zero attached hydrogens (tertiary/aromatic N) is 1. The number of sulfonamides is 1. The highest BCUT2D eigenvalue weighted by Crippen LogP contribution is 2.28. The van der Waals surface area contributed by atoms with Crippen LogP contribution < -0.4 is 10.1 Å². The number of hydrogen-bond acceptors (Lipinski definition) is 4. The van der Waals surface area contributed by atoms with Crippen molar-refractivity contribution in [1.82, 2.24) is 9.62 Å². The van der Waals surface area contributed by atoms with Gasteiger partial charge < -0.3 is 10.1 Å². The maximum atomic E-state index is 13.6. The number of ether oxygens (including phenoxy) is 1. The molecule has 0 radical (unpaired) electrons. The van der Waals surface area contributed by atoms with E-state index in [4.69, 9.17) is 4.74 Å². The van der Waals surface area contributed by atoms with E-state index < -0.39 is 10.0 Å². The summed E-state index contributed by atoms with van der Waals surface area (Å²) >= 11 is 0. The van der Waals surface area contributed by atoms with Crippen molar-refractivity contribution >= 4 is 15.9 Å². The number of amides is 1. The van der Waals surface area contributed by atoms with E-state index in [0.29, 0.717) is 13.0 Å². The second-order valence-corrected chi connectivity index (χ2v) is 9.90. The monoisotopic (exact) mass is 466 g/mol. The zero-order chi connectivity index (χ0) is 23.8. The Morgan fingerprint density at radius 3 is 2.24 bits per heavy atom. The van der Waals surface area contributed by atoms with E-state index in [9.17, 15) is 13.2 Å². The highest BCUT2D eigenvalue weighted by atomic mass is 32.2. The van der Waals surface area contributed by atoms with E-state index in [-0.39, 0.29) is 29.6 Å². The van der Waals surface area contributed by atoms with Crippen molar-refractivity contribution < 1.29 is 17.9 Å². The minimum atomic E-state index is -3.97. The molecule has 33 heavy (non-hydrogen) atoms. The summed E-state index contributed by atoms with van der Waals surface area (Å²) in [6.45, 7) is 4.04. The molecule has 0 fully saturated rings. The van der Waals surface area contributed by atoms with Crippen LogP contribution in [0.4, 0.5) is 0 Å². The fourth-order valence-electron chi connectivity index (χ4n) is 3.43. The summed E-state index contributed by atoms with van der Waals surface area (Å²) in [5.74, 6) is -0.107. The number of methoxy groups -OCH3 is 1. The topological polar surface area (TPSA) is 75.7 Å². The molecule has 0 aliphatic rings. The van der Waals surface area contributed by atoms with Crippen molar-refractivity contribution in [1.29, 1.82) is 0 Å². The molecule has 0 unspecified atom stereocenters. The van der Waals surface area contributed by atoms with Crippen LogP contribution in [-0.4, -0.2) is 38.8 Å². The van der Waals surface area contributed by atoms with Crippen LogP contribution in [0.15, 0.2) is 77.7 Å². The van der Waals surface area contributed by atoms with Gasteiger partial charge in [-0.3, -0.25) is 4.79 Å². The van der Waals surface area contributed by atoms with Crippen LogP contribution in [0.1, 0.15) is 22.3 Å². The molecule has 3 aromatic carbocycles. The third-order valence-electron chi connectivity index (χ3n) is 5.36. The molecule has 0 aromatic heterocycles. The van der Waals surface area contributed by atoms with E-state index in [1.165, 1.54) is 11.4 Å². The van der Waals surface area contributed by atoms with E-state index in [2.05, 4.69) is 5.32 Å². The van der Waals surface area contributed by atoms with Crippen LogP contribution in [0.25, 0.3) is 0 Å². The van der Waals surface area contributed by atoms with Gasteiger partial charge >= 0.3 is 0 Å². The molecule has 174 valence electrons. The van der Waals surface area contributed by atoms with Crippen LogP contribution in [0.2, 0.25) is 0 Å². The lowest BCUT2D eigenvalue weighted by molar-refractivity contribution is -0.121. The van der Waals surface area contributed by atoms with Crippen molar-refractivity contribution in [2.75, 3.05) is 20.2 Å². The molecular weight excluding hydrogens is 436 g/mol. The third kappa shape index (κ3) is 6.66. The van der Waals surface area contributed by atoms with Gasteiger partial charge in [0.1, 0.15) is 10.6 Å². The molecule has 0 heterocycles. The summed E-state index contributed by atoms with van der Waals surface area (Å²) in [4.78, 5) is 12.8. The maximum absolute atomic E-state index is 13.6. The van der Waals surface area contributed by atoms with E-state index in [1.807, 2.05) is 68.4 Å². The van der Waals surface area contributed by atoms with Crippen molar-refractivity contribution in [2.24, 2.45) is 0 Å². The van der Waals surface area contributed by atoms with Crippen LogP contribution >= 0.6 is 0 Å². The zero-order valence-electron chi connectivity index (χ0n) is 19.2. The molecule has 3 aromatic rings. The first-order chi connectivity index (χ1) is 15.8. The Kier molecular flexibility index (Phi) is 8.25. The van der Waals surface area contributed by atoms with E-state index in [0.717, 1.165) is 22.3 Å². The molecule has 1 amide bonds. The Morgan fingerprint density at radius 1 is 0.909 bits per heavy atom. The Hall–Kier alpha value is -3.16. The predicted molar refractivity (Wildman–Crippen MR) is 130 cm³/mol. The van der Waals surface area contributed by atoms with Crippen LogP contribution in [0.3, 0.4) is 0 Å². The number of carbonyl (C=O) groups is 1. The van der Waals surface area contributed by atoms with Gasteiger partial charge in [0.05, 0.1) is 13.7 Å². The Morgan fingerprint density at radius 2 is 1.58 bits per heavy atom. The minimum Gasteiger partial charge on any atom is -0.495 e. The van der Waals surface area contributed by atoms with Crippen LogP contribution in [-0.2, 0) is 27.8 Å². The molecule has 0 aliphatic heterocycles. The highest BCUT2D eigenvalue weighted by Gasteiger charge is 2.29. The van der Waals surface area contributed by atoms with Gasteiger partial charge in [0.2, 0.25) is 15.9 Å². The first kappa shape index (κ1) is 24.5. The Labute approximate surface area is 196 Å². The van der Waals surface area contributed by atoms with Gasteiger partial charge in [-0.2, -0.15) is 4.31 Å². The zero-order valence-corrected chi connectivity index (χ0v) is 20.1. The Balaban J connectivity index is 1.81. The van der Waals surface area contributed by atoms with E-state index >= 15 is 0 Å². The quantitative estimate of drug-likeness (QED) is 0.492. The highest BCUT2D eigenvalue weighted by molar-refractivity contribution is 7.89. The SMILES string of the molecule is COc1ccc(C)cc1S(=O)(=O)N(CCc1ccccc1)CC(=O)NCc1ccc(C)cc1. The number of nitrogens with one attached hydrogen (secondary N) is 1. The van der Waals surface area contributed by atoms with E-state index in [1.54, 1.807) is 18.2 Å². The average Bonchev–Trinajstić information content (AvgIpc) is 2.82. The summed E-state index contributed by atoms with van der Waals surface area (Å²) in [6.07, 6.45) is 0.486. The van der Waals surface area contributed by atoms with Gasteiger partial charge in [-0.25, -0.2) is 8.42 Å². The smallest absolute Gasteiger partial charge is 0.247 e. The van der Waals surface area contributed by atoms with Crippen molar-refractivity contribution in [3.63, 3.8) is 0 Å². The predicted octanol–water partition coefficient (Wildman–Crippen LogP) is 3.86. The number of benzene rings is 3. The molecule has 0 bridgehead atoms. The first-order valence-electron chi connectivity index (χ1n) is 10.8. The molecule has 6 nitrogen and oxygen atoms in total. The van der Waals surface area contributed by atoms with Gasteiger partial charge in [0.25, 0.3) is 0 Å². The van der Waals surface area contributed by atoms with Crippen molar-refractivity contribution in [3.8, 4) is 5.75 Å². The molecule has 7 heteroatoms. The minimum absolute atomic E-state index is 0.0596. The molecule has 0 atom stereocenters. The third-order valence-corrected chi connectivity index (χ3v) is 7.23. The summed E-state index contributed by atoms with van der Waals surface area (Å²) in [7, 11) is -2.54. The van der Waals surface area contributed by atoms with Gasteiger partial charge in [-0.05, 0) is 49.1 Å². The molecule has 0 saturated carbocycles.